The number of aromatic nitrogens is 2. The number of aryl methyl sites for hydroxylation is 2. The van der Waals surface area contributed by atoms with Crippen molar-refractivity contribution < 1.29 is 0 Å². The van der Waals surface area contributed by atoms with E-state index in [0.717, 1.165) is 11.1 Å². The third kappa shape index (κ3) is 4.04. The molecule has 0 radical (unpaired) electrons. The molecule has 0 aliphatic heterocycles. The van der Waals surface area contributed by atoms with Crippen LogP contribution in [0.2, 0.25) is 0 Å². The maximum atomic E-state index is 14.2. The zero-order valence-corrected chi connectivity index (χ0v) is 24.6. The van der Waals surface area contributed by atoms with Crippen molar-refractivity contribution in [1.29, 1.82) is 21.0 Å². The number of hydrogen-bond acceptors (Lipinski definition) is 6. The molecule has 0 N–H and O–H groups in total. The smallest absolute Gasteiger partial charge is 0.197 e. The molecule has 0 spiro atoms. The molecule has 214 valence electrons. The quantitative estimate of drug-likeness (QED) is 0.205. The van der Waals surface area contributed by atoms with Gasteiger partial charge in [0.25, 0.3) is 0 Å². The molecule has 0 atom stereocenters. The monoisotopic (exact) mass is 592 g/mol. The molecule has 7 aromatic rings. The van der Waals surface area contributed by atoms with Crippen molar-refractivity contribution in [3.63, 3.8) is 0 Å². The fourth-order valence-corrected chi connectivity index (χ4v) is 6.16. The van der Waals surface area contributed by atoms with E-state index in [2.05, 4.69) is 12.1 Å². The fraction of sp³-hybridized carbons (Fsp3) is 0.0526. The van der Waals surface area contributed by atoms with Gasteiger partial charge >= 0.3 is 0 Å². The van der Waals surface area contributed by atoms with Crippen LogP contribution in [0.3, 0.4) is 0 Å². The van der Waals surface area contributed by atoms with Gasteiger partial charge < -0.3 is 9.13 Å². The summed E-state index contributed by atoms with van der Waals surface area (Å²) in [6.07, 6.45) is 0. The molecule has 0 amide bonds. The number of fused-ring (bicyclic) bond motifs is 4. The van der Waals surface area contributed by atoms with Gasteiger partial charge in [0, 0.05) is 32.9 Å². The summed E-state index contributed by atoms with van der Waals surface area (Å²) in [5, 5.41) is 40.6. The average molecular weight is 593 g/mol. The second-order valence-electron chi connectivity index (χ2n) is 11.2. The highest BCUT2D eigenvalue weighted by Crippen LogP contribution is 2.33. The van der Waals surface area contributed by atoms with E-state index in [4.69, 9.17) is 0 Å². The molecule has 0 aliphatic carbocycles. The summed E-state index contributed by atoms with van der Waals surface area (Å²) >= 11 is 0. The van der Waals surface area contributed by atoms with Crippen molar-refractivity contribution in [2.45, 2.75) is 13.8 Å². The van der Waals surface area contributed by atoms with Crippen LogP contribution in [0.4, 0.5) is 0 Å². The molecule has 46 heavy (non-hydrogen) atoms. The molecular formula is C38H20N6O2. The maximum Gasteiger partial charge on any atom is 0.197 e. The minimum atomic E-state index is -0.436. The topological polar surface area (TPSA) is 139 Å². The Morgan fingerprint density at radius 3 is 1.22 bits per heavy atom. The van der Waals surface area contributed by atoms with Gasteiger partial charge in [0.15, 0.2) is 10.9 Å². The normalized spacial score (nSPS) is 10.9. The lowest BCUT2D eigenvalue weighted by molar-refractivity contribution is 1.13. The first-order chi connectivity index (χ1) is 22.3. The van der Waals surface area contributed by atoms with Crippen LogP contribution in [0.25, 0.3) is 55.0 Å². The van der Waals surface area contributed by atoms with Gasteiger partial charge in [-0.3, -0.25) is 9.59 Å². The Morgan fingerprint density at radius 1 is 0.478 bits per heavy atom. The van der Waals surface area contributed by atoms with Gasteiger partial charge in [-0.2, -0.15) is 21.0 Å². The zero-order valence-electron chi connectivity index (χ0n) is 24.6. The lowest BCUT2D eigenvalue weighted by atomic mass is 9.98. The average Bonchev–Trinajstić information content (AvgIpc) is 3.08. The van der Waals surface area contributed by atoms with E-state index in [-0.39, 0.29) is 43.8 Å². The van der Waals surface area contributed by atoms with Crippen LogP contribution >= 0.6 is 0 Å². The highest BCUT2D eigenvalue weighted by atomic mass is 16.1. The first-order valence-electron chi connectivity index (χ1n) is 14.3. The minimum Gasteiger partial charge on any atom is -0.308 e. The van der Waals surface area contributed by atoms with Crippen LogP contribution < -0.4 is 10.9 Å². The Labute approximate surface area is 261 Å². The predicted octanol–water partition coefficient (Wildman–Crippen LogP) is 6.70. The molecule has 0 unspecified atom stereocenters. The third-order valence-corrected chi connectivity index (χ3v) is 8.32. The number of hydrogen-bond donors (Lipinski definition) is 0. The molecule has 8 nitrogen and oxygen atoms in total. The Hall–Kier alpha value is -7.00. The largest absolute Gasteiger partial charge is 0.308 e. The van der Waals surface area contributed by atoms with E-state index < -0.39 is 10.9 Å². The van der Waals surface area contributed by atoms with Crippen molar-refractivity contribution >= 4 is 43.6 Å². The van der Waals surface area contributed by atoms with E-state index >= 15 is 0 Å². The van der Waals surface area contributed by atoms with Crippen LogP contribution in [-0.4, -0.2) is 9.13 Å². The molecule has 0 fully saturated rings. The van der Waals surface area contributed by atoms with E-state index in [1.54, 1.807) is 12.1 Å². The summed E-state index contributed by atoms with van der Waals surface area (Å²) in [6, 6.07) is 32.8. The molecule has 2 heterocycles. The molecule has 0 saturated carbocycles. The van der Waals surface area contributed by atoms with Crippen LogP contribution in [-0.2, 0) is 0 Å². The first kappa shape index (κ1) is 27.8. The van der Waals surface area contributed by atoms with Gasteiger partial charge in [-0.15, -0.1) is 0 Å². The SMILES string of the molecule is Cc1ccc(-n2c3cc4c(cc3c(=O)c3cc(C#N)cc(C#N)c32)c(=O)c2cc(C#N)cc(C#N)c2n4-c2ccc(C)cc2)cc1. The molecule has 5 aromatic carbocycles. The first-order valence-corrected chi connectivity index (χ1v) is 14.3. The minimum absolute atomic E-state index is 0.152. The number of pyridine rings is 2. The zero-order chi connectivity index (χ0) is 32.3. The highest BCUT2D eigenvalue weighted by molar-refractivity contribution is 6.07. The van der Waals surface area contributed by atoms with Gasteiger partial charge in [0.1, 0.15) is 12.1 Å². The number of rotatable bonds is 2. The molecular weight excluding hydrogens is 572 g/mol. The van der Waals surface area contributed by atoms with Crippen LogP contribution in [0.15, 0.2) is 94.5 Å². The molecule has 0 bridgehead atoms. The van der Waals surface area contributed by atoms with E-state index in [1.165, 1.54) is 24.3 Å². The summed E-state index contributed by atoms with van der Waals surface area (Å²) in [4.78, 5) is 28.5. The second-order valence-corrected chi connectivity index (χ2v) is 11.2. The van der Waals surface area contributed by atoms with Crippen LogP contribution in [0.5, 0.6) is 0 Å². The Balaban J connectivity index is 1.81. The second kappa shape index (κ2) is 10.3. The molecule has 8 heteroatoms. The Morgan fingerprint density at radius 2 is 0.870 bits per heavy atom. The summed E-state index contributed by atoms with van der Waals surface area (Å²) in [7, 11) is 0. The predicted molar refractivity (Wildman–Crippen MR) is 176 cm³/mol. The van der Waals surface area contributed by atoms with Crippen molar-refractivity contribution in [3.05, 3.63) is 139 Å². The lowest BCUT2D eigenvalue weighted by Gasteiger charge is -2.20. The van der Waals surface area contributed by atoms with Gasteiger partial charge in [-0.1, -0.05) is 35.4 Å². The molecule has 0 aliphatic rings. The van der Waals surface area contributed by atoms with E-state index in [9.17, 15) is 30.6 Å². The molecule has 2 aromatic heterocycles. The van der Waals surface area contributed by atoms with Crippen LogP contribution in [0.1, 0.15) is 33.4 Å². The van der Waals surface area contributed by atoms with Gasteiger partial charge in [0.05, 0.1) is 56.5 Å². The number of nitrogens with zero attached hydrogens (tertiary/aromatic N) is 6. The van der Waals surface area contributed by atoms with Gasteiger partial charge in [-0.05, 0) is 74.5 Å². The maximum absolute atomic E-state index is 14.2. The van der Waals surface area contributed by atoms with Gasteiger partial charge in [0.2, 0.25) is 0 Å². The highest BCUT2D eigenvalue weighted by Gasteiger charge is 2.22. The van der Waals surface area contributed by atoms with Crippen molar-refractivity contribution in [1.82, 2.24) is 9.13 Å². The summed E-state index contributed by atoms with van der Waals surface area (Å²) in [6.45, 7) is 3.91. The Bertz CT molecular complexity index is 2590. The van der Waals surface area contributed by atoms with Crippen molar-refractivity contribution in [2.75, 3.05) is 0 Å². The molecule has 0 saturated heterocycles. The van der Waals surface area contributed by atoms with E-state index in [0.29, 0.717) is 33.4 Å². The van der Waals surface area contributed by atoms with Crippen molar-refractivity contribution in [2.24, 2.45) is 0 Å². The summed E-state index contributed by atoms with van der Waals surface area (Å²) in [5.41, 5.74) is 4.66. The number of nitriles is 4. The lowest BCUT2D eigenvalue weighted by Crippen LogP contribution is -2.16. The summed E-state index contributed by atoms with van der Waals surface area (Å²) < 4.78 is 3.62. The van der Waals surface area contributed by atoms with Crippen LogP contribution in [0, 0.1) is 59.2 Å². The number of benzene rings is 5. The fourth-order valence-electron chi connectivity index (χ4n) is 6.16. The van der Waals surface area contributed by atoms with Crippen molar-refractivity contribution in [3.8, 4) is 35.7 Å². The van der Waals surface area contributed by atoms with Gasteiger partial charge in [-0.25, -0.2) is 0 Å². The summed E-state index contributed by atoms with van der Waals surface area (Å²) in [5.74, 6) is 0. The third-order valence-electron chi connectivity index (χ3n) is 8.32. The molecule has 7 rings (SSSR count). The standard InChI is InChI=1S/C38H20N6O2/c1-21-3-7-27(8-4-21)43-33-16-34-30(15-29(33)37(45)31-13-23(17-39)11-25(19-41)35(31)43)38(46)32-14-24(18-40)12-26(20-42)36(32)44(34)28-9-5-22(2)6-10-28/h3-16H,1-2H3. The Kier molecular flexibility index (Phi) is 6.24. The van der Waals surface area contributed by atoms with E-state index in [1.807, 2.05) is 83.7 Å².